The van der Waals surface area contributed by atoms with Crippen molar-refractivity contribution < 1.29 is 22.8 Å². The fraction of sp³-hybridized carbons (Fsp3) is 0.0625. The highest BCUT2D eigenvalue weighted by molar-refractivity contribution is 9.10. The summed E-state index contributed by atoms with van der Waals surface area (Å²) < 4.78 is 45.9. The van der Waals surface area contributed by atoms with Crippen LogP contribution in [0.25, 0.3) is 22.6 Å². The first-order chi connectivity index (χ1) is 11.0. The van der Waals surface area contributed by atoms with E-state index in [2.05, 4.69) is 21.1 Å². The molecule has 0 fully saturated rings. The van der Waals surface area contributed by atoms with Crippen molar-refractivity contribution in [1.29, 1.82) is 0 Å². The van der Waals surface area contributed by atoms with Gasteiger partial charge in [0, 0.05) is 15.6 Å². The fourth-order valence-corrected chi connectivity index (χ4v) is 2.63. The van der Waals surface area contributed by atoms with Crippen LogP contribution < -0.4 is 0 Å². The van der Waals surface area contributed by atoms with Crippen LogP contribution in [0.1, 0.15) is 5.56 Å². The van der Waals surface area contributed by atoms with Crippen molar-refractivity contribution in [3.8, 4) is 22.6 Å². The maximum atomic E-state index is 13.4. The predicted octanol–water partition coefficient (Wildman–Crippen LogP) is 4.68. The first kappa shape index (κ1) is 15.8. The maximum absolute atomic E-state index is 13.4. The van der Waals surface area contributed by atoms with Gasteiger partial charge >= 0.3 is 0 Å². The van der Waals surface area contributed by atoms with Crippen LogP contribution in [-0.2, 0) is 6.61 Å². The zero-order valence-electron chi connectivity index (χ0n) is 11.5. The Kier molecular flexibility index (Phi) is 4.23. The van der Waals surface area contributed by atoms with E-state index in [0.29, 0.717) is 5.56 Å². The van der Waals surface area contributed by atoms with E-state index in [-0.39, 0.29) is 22.6 Å². The lowest BCUT2D eigenvalue weighted by atomic mass is 10.0. The summed E-state index contributed by atoms with van der Waals surface area (Å²) in [4.78, 5) is 0. The number of rotatable bonds is 3. The molecule has 1 N–H and O–H groups in total. The van der Waals surface area contributed by atoms with Crippen LogP contribution in [0.4, 0.5) is 13.2 Å². The summed E-state index contributed by atoms with van der Waals surface area (Å²) in [5.74, 6) is -3.96. The molecule has 0 aliphatic heterocycles. The van der Waals surface area contributed by atoms with Crippen molar-refractivity contribution in [3.63, 3.8) is 0 Å². The second-order valence-corrected chi connectivity index (χ2v) is 5.68. The van der Waals surface area contributed by atoms with Gasteiger partial charge in [-0.2, -0.15) is 0 Å². The molecule has 0 unspecified atom stereocenters. The van der Waals surface area contributed by atoms with Crippen LogP contribution in [0.3, 0.4) is 0 Å². The van der Waals surface area contributed by atoms with Gasteiger partial charge in [0.25, 0.3) is 0 Å². The zero-order chi connectivity index (χ0) is 16.6. The highest BCUT2D eigenvalue weighted by atomic mass is 79.9. The molecule has 0 spiro atoms. The number of nitrogens with zero attached hydrogens (tertiary/aromatic N) is 1. The van der Waals surface area contributed by atoms with Gasteiger partial charge in [0.15, 0.2) is 23.2 Å². The third kappa shape index (κ3) is 2.89. The average molecular weight is 384 g/mol. The van der Waals surface area contributed by atoms with Gasteiger partial charge in [-0.3, -0.25) is 0 Å². The molecule has 0 saturated carbocycles. The van der Waals surface area contributed by atoms with Gasteiger partial charge in [0.1, 0.15) is 5.69 Å². The quantitative estimate of drug-likeness (QED) is 0.667. The van der Waals surface area contributed by atoms with Crippen molar-refractivity contribution in [3.05, 3.63) is 63.9 Å². The van der Waals surface area contributed by atoms with Crippen LogP contribution in [0, 0.1) is 17.5 Å². The van der Waals surface area contributed by atoms with Gasteiger partial charge in [-0.1, -0.05) is 33.2 Å². The van der Waals surface area contributed by atoms with E-state index in [1.165, 1.54) is 0 Å². The molecule has 0 saturated heterocycles. The Hall–Kier alpha value is -2.12. The summed E-state index contributed by atoms with van der Waals surface area (Å²) in [6.07, 6.45) is 0. The molecule has 0 radical (unpaired) electrons. The molecule has 3 rings (SSSR count). The number of hydrogen-bond acceptors (Lipinski definition) is 3. The standard InChI is InChI=1S/C16H9BrF3NO2/c17-10-3-1-2-8(4-10)16-11(7-22)15(21-23-16)9-5-12(18)14(20)13(19)6-9/h1-6,22H,7H2. The fourth-order valence-electron chi connectivity index (χ4n) is 2.23. The topological polar surface area (TPSA) is 46.3 Å². The van der Waals surface area contributed by atoms with Crippen molar-refractivity contribution in [2.45, 2.75) is 6.61 Å². The van der Waals surface area contributed by atoms with E-state index >= 15 is 0 Å². The summed E-state index contributed by atoms with van der Waals surface area (Å²) in [7, 11) is 0. The molecule has 118 valence electrons. The highest BCUT2D eigenvalue weighted by Crippen LogP contribution is 2.34. The van der Waals surface area contributed by atoms with Gasteiger partial charge < -0.3 is 9.63 Å². The predicted molar refractivity (Wildman–Crippen MR) is 80.9 cm³/mol. The number of aliphatic hydroxyl groups is 1. The molecule has 2 aromatic carbocycles. The van der Waals surface area contributed by atoms with Crippen molar-refractivity contribution in [2.75, 3.05) is 0 Å². The van der Waals surface area contributed by atoms with Crippen molar-refractivity contribution in [1.82, 2.24) is 5.16 Å². The average Bonchev–Trinajstić information content (AvgIpc) is 2.96. The number of benzene rings is 2. The number of aromatic nitrogens is 1. The van der Waals surface area contributed by atoms with Gasteiger partial charge in [-0.25, -0.2) is 13.2 Å². The second kappa shape index (κ2) is 6.17. The summed E-state index contributed by atoms with van der Waals surface area (Å²) >= 11 is 3.32. The third-order valence-corrected chi connectivity index (χ3v) is 3.78. The molecule has 0 bridgehead atoms. The van der Waals surface area contributed by atoms with E-state index in [9.17, 15) is 18.3 Å². The summed E-state index contributed by atoms with van der Waals surface area (Å²) in [5, 5.41) is 13.4. The van der Waals surface area contributed by atoms with Crippen LogP contribution in [0.15, 0.2) is 45.4 Å². The molecule has 3 nitrogen and oxygen atoms in total. The Morgan fingerprint density at radius 2 is 1.74 bits per heavy atom. The molecular formula is C16H9BrF3NO2. The summed E-state index contributed by atoms with van der Waals surface area (Å²) in [5.41, 5.74) is 0.925. The molecule has 1 heterocycles. The van der Waals surface area contributed by atoms with Gasteiger partial charge in [-0.05, 0) is 24.3 Å². The van der Waals surface area contributed by atoms with E-state index in [4.69, 9.17) is 4.52 Å². The first-order valence-electron chi connectivity index (χ1n) is 6.51. The minimum absolute atomic E-state index is 0.0181. The molecule has 23 heavy (non-hydrogen) atoms. The summed E-state index contributed by atoms with van der Waals surface area (Å²) in [6.45, 7) is -0.457. The Balaban J connectivity index is 2.16. The number of halogens is 4. The first-order valence-corrected chi connectivity index (χ1v) is 7.31. The number of hydrogen-bond donors (Lipinski definition) is 1. The lowest BCUT2D eigenvalue weighted by Crippen LogP contribution is -1.94. The molecule has 0 amide bonds. The van der Waals surface area contributed by atoms with Gasteiger partial charge in [0.2, 0.25) is 0 Å². The molecule has 7 heteroatoms. The smallest absolute Gasteiger partial charge is 0.194 e. The van der Waals surface area contributed by atoms with Crippen LogP contribution in [0.2, 0.25) is 0 Å². The second-order valence-electron chi connectivity index (χ2n) is 4.76. The molecule has 0 aliphatic rings. The Morgan fingerprint density at radius 1 is 1.04 bits per heavy atom. The normalized spacial score (nSPS) is 11.0. The van der Waals surface area contributed by atoms with Gasteiger partial charge in [-0.15, -0.1) is 0 Å². The van der Waals surface area contributed by atoms with E-state index < -0.39 is 24.1 Å². The lowest BCUT2D eigenvalue weighted by molar-refractivity contribution is 0.281. The van der Waals surface area contributed by atoms with E-state index in [1.54, 1.807) is 18.2 Å². The Labute approximate surface area is 137 Å². The molecular weight excluding hydrogens is 375 g/mol. The van der Waals surface area contributed by atoms with Crippen LogP contribution in [0.5, 0.6) is 0 Å². The highest BCUT2D eigenvalue weighted by Gasteiger charge is 2.21. The lowest BCUT2D eigenvalue weighted by Gasteiger charge is -2.03. The summed E-state index contributed by atoms with van der Waals surface area (Å²) in [6, 6.07) is 8.67. The number of aliphatic hydroxyl groups excluding tert-OH is 1. The monoisotopic (exact) mass is 383 g/mol. The minimum Gasteiger partial charge on any atom is -0.391 e. The van der Waals surface area contributed by atoms with Crippen molar-refractivity contribution in [2.24, 2.45) is 0 Å². The van der Waals surface area contributed by atoms with E-state index in [1.807, 2.05) is 6.07 Å². The van der Waals surface area contributed by atoms with Crippen LogP contribution in [-0.4, -0.2) is 10.3 Å². The Bertz CT molecular complexity index is 857. The third-order valence-electron chi connectivity index (χ3n) is 3.29. The van der Waals surface area contributed by atoms with Gasteiger partial charge in [0.05, 0.1) is 12.2 Å². The maximum Gasteiger partial charge on any atom is 0.194 e. The molecule has 0 atom stereocenters. The zero-order valence-corrected chi connectivity index (χ0v) is 13.1. The van der Waals surface area contributed by atoms with Crippen LogP contribution >= 0.6 is 15.9 Å². The molecule has 3 aromatic rings. The SMILES string of the molecule is OCc1c(-c2cc(F)c(F)c(F)c2)noc1-c1cccc(Br)c1. The largest absolute Gasteiger partial charge is 0.391 e. The molecule has 1 aromatic heterocycles. The molecule has 0 aliphatic carbocycles. The van der Waals surface area contributed by atoms with Crippen molar-refractivity contribution >= 4 is 15.9 Å². The minimum atomic E-state index is -1.56. The Morgan fingerprint density at radius 3 is 2.35 bits per heavy atom. The van der Waals surface area contributed by atoms with E-state index in [0.717, 1.165) is 16.6 Å².